The first-order valence-electron chi connectivity index (χ1n) is 10.8. The zero-order valence-corrected chi connectivity index (χ0v) is 18.1. The molecule has 0 atom stereocenters. The van der Waals surface area contributed by atoms with Crippen molar-refractivity contribution in [3.63, 3.8) is 0 Å². The number of aromatic nitrogens is 2. The maximum Gasteiger partial charge on any atom is 0.320 e. The average molecular weight is 427 g/mol. The molecule has 0 aliphatic carbocycles. The third kappa shape index (κ3) is 6.68. The summed E-state index contributed by atoms with van der Waals surface area (Å²) in [5.41, 5.74) is 2.33. The van der Waals surface area contributed by atoms with Crippen molar-refractivity contribution in [2.75, 3.05) is 70.7 Å². The first-order valence-corrected chi connectivity index (χ1v) is 10.8. The minimum Gasteiger partial charge on any atom is -0.462 e. The Balaban J connectivity index is 1.43. The van der Waals surface area contributed by atoms with E-state index in [1.807, 2.05) is 18.2 Å². The Morgan fingerprint density at radius 1 is 1.00 bits per heavy atom. The van der Waals surface area contributed by atoms with Gasteiger partial charge in [-0.05, 0) is 12.5 Å². The summed E-state index contributed by atoms with van der Waals surface area (Å²) in [5.74, 6) is 1.30. The van der Waals surface area contributed by atoms with Crippen molar-refractivity contribution < 1.29 is 14.2 Å². The second kappa shape index (κ2) is 11.1. The quantitative estimate of drug-likeness (QED) is 0.600. The summed E-state index contributed by atoms with van der Waals surface area (Å²) < 4.78 is 16.8. The Hall–Kier alpha value is -2.62. The van der Waals surface area contributed by atoms with E-state index in [1.165, 1.54) is 5.56 Å². The number of benzene rings is 1. The van der Waals surface area contributed by atoms with Crippen molar-refractivity contribution in [1.82, 2.24) is 14.9 Å². The maximum absolute atomic E-state index is 5.90. The highest BCUT2D eigenvalue weighted by Crippen LogP contribution is 2.23. The summed E-state index contributed by atoms with van der Waals surface area (Å²) in [5, 5.41) is 8.70. The van der Waals surface area contributed by atoms with Crippen LogP contribution in [0.3, 0.4) is 0 Å². The SMILES string of the molecule is Cc1cccc(CN=Nc2cc(N3CCOCC3)nc(OCCN3CCOCC3)n2)c1. The molecule has 0 bridgehead atoms. The molecule has 166 valence electrons. The highest BCUT2D eigenvalue weighted by molar-refractivity contribution is 5.47. The van der Waals surface area contributed by atoms with E-state index in [1.54, 1.807) is 0 Å². The van der Waals surface area contributed by atoms with Crippen molar-refractivity contribution in [3.8, 4) is 6.01 Å². The molecule has 0 amide bonds. The van der Waals surface area contributed by atoms with E-state index in [0.717, 1.165) is 57.3 Å². The van der Waals surface area contributed by atoms with Crippen molar-refractivity contribution in [2.24, 2.45) is 10.2 Å². The second-order valence-corrected chi connectivity index (χ2v) is 7.66. The standard InChI is InChI=1S/C22H30N6O3/c1-18-3-2-4-19(15-18)17-23-26-20-16-21(28-8-12-30-13-9-28)25-22(24-20)31-14-7-27-5-10-29-11-6-27/h2-4,15-16H,5-14,17H2,1H3. The van der Waals surface area contributed by atoms with Crippen LogP contribution in [0, 0.1) is 6.92 Å². The molecule has 9 nitrogen and oxygen atoms in total. The van der Waals surface area contributed by atoms with Gasteiger partial charge < -0.3 is 19.1 Å². The number of aryl methyl sites for hydroxylation is 1. The van der Waals surface area contributed by atoms with Gasteiger partial charge >= 0.3 is 6.01 Å². The van der Waals surface area contributed by atoms with Gasteiger partial charge in [0.05, 0.1) is 33.0 Å². The van der Waals surface area contributed by atoms with E-state index in [9.17, 15) is 0 Å². The van der Waals surface area contributed by atoms with Crippen LogP contribution in [0.15, 0.2) is 40.6 Å². The predicted molar refractivity (Wildman–Crippen MR) is 117 cm³/mol. The molecular formula is C22H30N6O3. The van der Waals surface area contributed by atoms with Gasteiger partial charge in [-0.25, -0.2) is 0 Å². The minimum atomic E-state index is 0.335. The summed E-state index contributed by atoms with van der Waals surface area (Å²) >= 11 is 0. The lowest BCUT2D eigenvalue weighted by Crippen LogP contribution is -2.38. The molecule has 0 saturated carbocycles. The van der Waals surface area contributed by atoms with Crippen LogP contribution in [0.5, 0.6) is 6.01 Å². The molecule has 1 aromatic heterocycles. The highest BCUT2D eigenvalue weighted by atomic mass is 16.5. The molecule has 0 N–H and O–H groups in total. The predicted octanol–water partition coefficient (Wildman–Crippen LogP) is 2.62. The maximum atomic E-state index is 5.90. The van der Waals surface area contributed by atoms with Crippen LogP contribution in [0.4, 0.5) is 11.6 Å². The van der Waals surface area contributed by atoms with Gasteiger partial charge in [-0.3, -0.25) is 4.90 Å². The van der Waals surface area contributed by atoms with Gasteiger partial charge in [0.2, 0.25) is 0 Å². The smallest absolute Gasteiger partial charge is 0.320 e. The Labute approximate surface area is 183 Å². The molecule has 2 fully saturated rings. The fraction of sp³-hybridized carbons (Fsp3) is 0.545. The largest absolute Gasteiger partial charge is 0.462 e. The summed E-state index contributed by atoms with van der Waals surface area (Å²) in [6.45, 7) is 10.2. The minimum absolute atomic E-state index is 0.335. The third-order valence-electron chi connectivity index (χ3n) is 5.26. The molecule has 0 radical (unpaired) electrons. The van der Waals surface area contributed by atoms with Gasteiger partial charge in [-0.1, -0.05) is 29.8 Å². The lowest BCUT2D eigenvalue weighted by atomic mass is 10.1. The van der Waals surface area contributed by atoms with E-state index in [2.05, 4.69) is 49.1 Å². The Morgan fingerprint density at radius 2 is 1.77 bits per heavy atom. The Morgan fingerprint density at radius 3 is 2.55 bits per heavy atom. The number of morpholine rings is 2. The van der Waals surface area contributed by atoms with Crippen LogP contribution in [-0.4, -0.2) is 80.6 Å². The van der Waals surface area contributed by atoms with Crippen LogP contribution in [0.2, 0.25) is 0 Å². The van der Waals surface area contributed by atoms with Crippen LogP contribution in [0.1, 0.15) is 11.1 Å². The summed E-state index contributed by atoms with van der Waals surface area (Å²) in [7, 11) is 0. The van der Waals surface area contributed by atoms with Crippen molar-refractivity contribution >= 4 is 11.6 Å². The van der Waals surface area contributed by atoms with Gasteiger partial charge in [0.15, 0.2) is 5.82 Å². The van der Waals surface area contributed by atoms with Gasteiger partial charge in [-0.2, -0.15) is 15.1 Å². The monoisotopic (exact) mass is 426 g/mol. The molecule has 2 aliphatic heterocycles. The van der Waals surface area contributed by atoms with E-state index in [-0.39, 0.29) is 0 Å². The molecular weight excluding hydrogens is 396 g/mol. The van der Waals surface area contributed by atoms with E-state index >= 15 is 0 Å². The molecule has 2 aliphatic rings. The number of nitrogens with zero attached hydrogens (tertiary/aromatic N) is 6. The number of hydrogen-bond donors (Lipinski definition) is 0. The zero-order valence-electron chi connectivity index (χ0n) is 18.1. The third-order valence-corrected chi connectivity index (χ3v) is 5.26. The fourth-order valence-electron chi connectivity index (χ4n) is 3.56. The van der Waals surface area contributed by atoms with Crippen LogP contribution in [0.25, 0.3) is 0 Å². The van der Waals surface area contributed by atoms with Crippen LogP contribution >= 0.6 is 0 Å². The molecule has 9 heteroatoms. The molecule has 4 rings (SSSR count). The van der Waals surface area contributed by atoms with E-state index < -0.39 is 0 Å². The lowest BCUT2D eigenvalue weighted by Gasteiger charge is -2.28. The molecule has 1 aromatic carbocycles. The topological polar surface area (TPSA) is 84.7 Å². The van der Waals surface area contributed by atoms with Crippen LogP contribution in [-0.2, 0) is 16.0 Å². The van der Waals surface area contributed by atoms with Crippen LogP contribution < -0.4 is 9.64 Å². The Kier molecular flexibility index (Phi) is 7.76. The van der Waals surface area contributed by atoms with Gasteiger partial charge in [0.25, 0.3) is 0 Å². The summed E-state index contributed by atoms with van der Waals surface area (Å²) in [6.07, 6.45) is 0. The van der Waals surface area contributed by atoms with E-state index in [4.69, 9.17) is 14.2 Å². The summed E-state index contributed by atoms with van der Waals surface area (Å²) in [4.78, 5) is 13.6. The first-order chi connectivity index (χ1) is 15.3. The van der Waals surface area contributed by atoms with Gasteiger partial charge in [0.1, 0.15) is 12.4 Å². The molecule has 3 heterocycles. The second-order valence-electron chi connectivity index (χ2n) is 7.66. The number of hydrogen-bond acceptors (Lipinski definition) is 9. The molecule has 0 spiro atoms. The normalized spacial score (nSPS) is 17.9. The molecule has 2 saturated heterocycles. The number of azo groups is 1. The Bertz CT molecular complexity index is 866. The summed E-state index contributed by atoms with van der Waals surface area (Å²) in [6, 6.07) is 10.5. The number of ether oxygens (including phenoxy) is 3. The molecule has 2 aromatic rings. The van der Waals surface area contributed by atoms with Gasteiger partial charge in [0, 0.05) is 38.8 Å². The van der Waals surface area contributed by atoms with Crippen molar-refractivity contribution in [2.45, 2.75) is 13.5 Å². The van der Waals surface area contributed by atoms with Gasteiger partial charge in [-0.15, -0.1) is 5.11 Å². The zero-order chi connectivity index (χ0) is 21.3. The molecule has 31 heavy (non-hydrogen) atoms. The average Bonchev–Trinajstić information content (AvgIpc) is 2.80. The van der Waals surface area contributed by atoms with Crippen molar-refractivity contribution in [1.29, 1.82) is 0 Å². The van der Waals surface area contributed by atoms with E-state index in [0.29, 0.717) is 38.2 Å². The number of anilines is 1. The highest BCUT2D eigenvalue weighted by Gasteiger charge is 2.16. The molecule has 0 unspecified atom stereocenters. The fourth-order valence-corrected chi connectivity index (χ4v) is 3.56. The lowest BCUT2D eigenvalue weighted by molar-refractivity contribution is 0.0317. The van der Waals surface area contributed by atoms with Crippen molar-refractivity contribution in [3.05, 3.63) is 41.5 Å². The number of rotatable bonds is 8. The first kappa shape index (κ1) is 21.6.